The number of hydrogen-bond acceptors (Lipinski definition) is 4. The van der Waals surface area contributed by atoms with Gasteiger partial charge < -0.3 is 10.1 Å². The number of amides is 1. The smallest absolute Gasteiger partial charge is 0.242 e. The second-order valence-corrected chi connectivity index (χ2v) is 7.07. The number of carbonyl (C=O) groups excluding carboxylic acids is 1. The summed E-state index contributed by atoms with van der Waals surface area (Å²) < 4.78 is 58.8. The standard InChI is InChI=1S/C17H18F2N2O4S/c1-3-25-13-5-7-14(8-6-13)26(23,24)21-11(2)17(22)20-16-10-12(18)4-9-15(16)19/h4-11,21H,3H2,1-2H3,(H,20,22). The van der Waals surface area contributed by atoms with Crippen molar-refractivity contribution in [2.24, 2.45) is 0 Å². The van der Waals surface area contributed by atoms with E-state index in [0.717, 1.165) is 18.2 Å². The molecule has 0 saturated heterocycles. The van der Waals surface area contributed by atoms with Crippen molar-refractivity contribution in [3.63, 3.8) is 0 Å². The van der Waals surface area contributed by atoms with Crippen molar-refractivity contribution >= 4 is 21.6 Å². The zero-order valence-corrected chi connectivity index (χ0v) is 14.9. The maximum absolute atomic E-state index is 13.6. The summed E-state index contributed by atoms with van der Waals surface area (Å²) in [5.41, 5.74) is -0.373. The largest absolute Gasteiger partial charge is 0.494 e. The highest BCUT2D eigenvalue weighted by Crippen LogP contribution is 2.17. The van der Waals surface area contributed by atoms with E-state index in [9.17, 15) is 22.0 Å². The highest BCUT2D eigenvalue weighted by molar-refractivity contribution is 7.89. The van der Waals surface area contributed by atoms with Gasteiger partial charge >= 0.3 is 0 Å². The Morgan fingerprint density at radius 1 is 1.15 bits per heavy atom. The average molecular weight is 384 g/mol. The first-order valence-electron chi connectivity index (χ1n) is 7.74. The van der Waals surface area contributed by atoms with Crippen LogP contribution in [0.3, 0.4) is 0 Å². The van der Waals surface area contributed by atoms with Crippen molar-refractivity contribution in [1.82, 2.24) is 4.72 Å². The Labute approximate surface area is 150 Å². The Bertz CT molecular complexity index is 886. The lowest BCUT2D eigenvalue weighted by molar-refractivity contribution is -0.117. The first kappa shape index (κ1) is 19.8. The second kappa shape index (κ2) is 8.24. The van der Waals surface area contributed by atoms with Crippen molar-refractivity contribution in [1.29, 1.82) is 0 Å². The van der Waals surface area contributed by atoms with Crippen molar-refractivity contribution in [3.05, 3.63) is 54.1 Å². The molecule has 2 aromatic carbocycles. The van der Waals surface area contributed by atoms with Gasteiger partial charge in [0.15, 0.2) is 0 Å². The Balaban J connectivity index is 2.08. The van der Waals surface area contributed by atoms with Crippen LogP contribution in [0.5, 0.6) is 5.75 Å². The third kappa shape index (κ3) is 4.99. The maximum Gasteiger partial charge on any atom is 0.242 e. The molecule has 0 aromatic heterocycles. The molecule has 0 spiro atoms. The quantitative estimate of drug-likeness (QED) is 0.769. The summed E-state index contributed by atoms with van der Waals surface area (Å²) in [5, 5.41) is 2.15. The minimum Gasteiger partial charge on any atom is -0.494 e. The maximum atomic E-state index is 13.6. The van der Waals surface area contributed by atoms with Crippen LogP contribution in [0.15, 0.2) is 47.4 Å². The summed E-state index contributed by atoms with van der Waals surface area (Å²) in [4.78, 5) is 12.0. The Morgan fingerprint density at radius 3 is 2.42 bits per heavy atom. The molecule has 2 aromatic rings. The van der Waals surface area contributed by atoms with Gasteiger partial charge in [0.1, 0.15) is 17.4 Å². The fourth-order valence-electron chi connectivity index (χ4n) is 2.07. The van der Waals surface area contributed by atoms with Gasteiger partial charge in [-0.3, -0.25) is 4.79 Å². The molecule has 0 bridgehead atoms. The molecule has 26 heavy (non-hydrogen) atoms. The summed E-state index contributed by atoms with van der Waals surface area (Å²) in [6.45, 7) is 3.53. The van der Waals surface area contributed by atoms with Crippen molar-refractivity contribution in [2.75, 3.05) is 11.9 Å². The first-order valence-corrected chi connectivity index (χ1v) is 9.22. The van der Waals surface area contributed by atoms with E-state index in [1.165, 1.54) is 31.2 Å². The number of sulfonamides is 1. The molecule has 0 radical (unpaired) electrons. The van der Waals surface area contributed by atoms with E-state index in [0.29, 0.717) is 12.4 Å². The number of hydrogen-bond donors (Lipinski definition) is 2. The van der Waals surface area contributed by atoms with Gasteiger partial charge in [-0.2, -0.15) is 4.72 Å². The van der Waals surface area contributed by atoms with Gasteiger partial charge in [0, 0.05) is 6.07 Å². The Morgan fingerprint density at radius 2 is 1.81 bits per heavy atom. The summed E-state index contributed by atoms with van der Waals surface area (Å²) in [6.07, 6.45) is 0. The minimum atomic E-state index is -3.98. The molecule has 9 heteroatoms. The SMILES string of the molecule is CCOc1ccc(S(=O)(=O)NC(C)C(=O)Nc2cc(F)ccc2F)cc1. The summed E-state index contributed by atoms with van der Waals surface area (Å²) in [6, 6.07) is 7.02. The highest BCUT2D eigenvalue weighted by Gasteiger charge is 2.23. The summed E-state index contributed by atoms with van der Waals surface area (Å²) in [5.74, 6) is -1.88. The van der Waals surface area contributed by atoms with Gasteiger partial charge in [0.2, 0.25) is 15.9 Å². The predicted molar refractivity (Wildman–Crippen MR) is 92.4 cm³/mol. The van der Waals surface area contributed by atoms with Crippen LogP contribution in [0.1, 0.15) is 13.8 Å². The molecule has 2 N–H and O–H groups in total. The van der Waals surface area contributed by atoms with Gasteiger partial charge in [-0.1, -0.05) is 0 Å². The molecule has 2 rings (SSSR count). The highest BCUT2D eigenvalue weighted by atomic mass is 32.2. The van der Waals surface area contributed by atoms with Crippen LogP contribution in [-0.4, -0.2) is 27.0 Å². The average Bonchev–Trinajstić information content (AvgIpc) is 2.58. The fraction of sp³-hybridized carbons (Fsp3) is 0.235. The van der Waals surface area contributed by atoms with Gasteiger partial charge in [0.05, 0.1) is 23.2 Å². The summed E-state index contributed by atoms with van der Waals surface area (Å²) >= 11 is 0. The normalized spacial score (nSPS) is 12.5. The Hall–Kier alpha value is -2.52. The lowest BCUT2D eigenvalue weighted by atomic mass is 10.2. The number of rotatable bonds is 7. The van der Waals surface area contributed by atoms with E-state index in [1.54, 1.807) is 6.92 Å². The van der Waals surface area contributed by atoms with Crippen LogP contribution in [0.2, 0.25) is 0 Å². The van der Waals surface area contributed by atoms with Crippen LogP contribution >= 0.6 is 0 Å². The van der Waals surface area contributed by atoms with Crippen molar-refractivity contribution in [2.45, 2.75) is 24.8 Å². The van der Waals surface area contributed by atoms with Gasteiger partial charge in [-0.15, -0.1) is 0 Å². The molecule has 0 saturated carbocycles. The minimum absolute atomic E-state index is 0.0578. The van der Waals surface area contributed by atoms with Gasteiger partial charge in [0.25, 0.3) is 0 Å². The number of nitrogens with one attached hydrogen (secondary N) is 2. The van der Waals surface area contributed by atoms with E-state index < -0.39 is 33.6 Å². The van der Waals surface area contributed by atoms with Crippen LogP contribution < -0.4 is 14.8 Å². The topological polar surface area (TPSA) is 84.5 Å². The molecule has 1 unspecified atom stereocenters. The molecule has 140 valence electrons. The third-order valence-electron chi connectivity index (χ3n) is 3.36. The molecule has 6 nitrogen and oxygen atoms in total. The van der Waals surface area contributed by atoms with Crippen LogP contribution in [-0.2, 0) is 14.8 Å². The van der Waals surface area contributed by atoms with Crippen molar-refractivity contribution in [3.8, 4) is 5.75 Å². The van der Waals surface area contributed by atoms with Crippen LogP contribution in [0.25, 0.3) is 0 Å². The van der Waals surface area contributed by atoms with E-state index in [-0.39, 0.29) is 10.6 Å². The summed E-state index contributed by atoms with van der Waals surface area (Å²) in [7, 11) is -3.98. The van der Waals surface area contributed by atoms with E-state index in [4.69, 9.17) is 4.74 Å². The number of benzene rings is 2. The van der Waals surface area contributed by atoms with Gasteiger partial charge in [-0.05, 0) is 50.2 Å². The molecule has 1 atom stereocenters. The Kier molecular flexibility index (Phi) is 6.27. The molecule has 1 amide bonds. The monoisotopic (exact) mass is 384 g/mol. The number of ether oxygens (including phenoxy) is 1. The predicted octanol–water partition coefficient (Wildman–Crippen LogP) is 2.67. The lowest BCUT2D eigenvalue weighted by Gasteiger charge is -2.15. The third-order valence-corrected chi connectivity index (χ3v) is 4.91. The lowest BCUT2D eigenvalue weighted by Crippen LogP contribution is -2.41. The zero-order chi connectivity index (χ0) is 19.3. The zero-order valence-electron chi connectivity index (χ0n) is 14.1. The van der Waals surface area contributed by atoms with Gasteiger partial charge in [-0.25, -0.2) is 17.2 Å². The number of carbonyl (C=O) groups is 1. The molecule has 0 fully saturated rings. The first-order chi connectivity index (χ1) is 12.2. The van der Waals surface area contributed by atoms with E-state index >= 15 is 0 Å². The fourth-order valence-corrected chi connectivity index (χ4v) is 3.27. The number of halogens is 2. The number of anilines is 1. The van der Waals surface area contributed by atoms with Crippen molar-refractivity contribution < 1.29 is 26.7 Å². The molecular formula is C17H18F2N2O4S. The van der Waals surface area contributed by atoms with Crippen LogP contribution in [0, 0.1) is 11.6 Å². The van der Waals surface area contributed by atoms with E-state index in [2.05, 4.69) is 10.0 Å². The molecule has 0 aliphatic carbocycles. The van der Waals surface area contributed by atoms with Crippen LogP contribution in [0.4, 0.5) is 14.5 Å². The molecule has 0 aliphatic rings. The molecule has 0 heterocycles. The molecular weight excluding hydrogens is 366 g/mol. The van der Waals surface area contributed by atoms with E-state index in [1.807, 2.05) is 0 Å². The molecule has 0 aliphatic heterocycles. The second-order valence-electron chi connectivity index (χ2n) is 5.36.